The molecule has 14 nitrogen and oxygen atoms in total. The molecular formula is C32H53N7O7. The molecule has 0 aromatic rings. The van der Waals surface area contributed by atoms with E-state index < -0.39 is 69.2 Å². The van der Waals surface area contributed by atoms with Gasteiger partial charge in [-0.05, 0) is 69.2 Å². The van der Waals surface area contributed by atoms with Gasteiger partial charge in [0.15, 0.2) is 0 Å². The third-order valence-corrected chi connectivity index (χ3v) is 7.04. The van der Waals surface area contributed by atoms with Gasteiger partial charge in [0.05, 0.1) is 18.8 Å². The summed E-state index contributed by atoms with van der Waals surface area (Å²) in [5, 5.41) is 15.8. The Kier molecular flexibility index (Phi) is 13.5. The first kappa shape index (κ1) is 40.0. The van der Waals surface area contributed by atoms with Crippen LogP contribution in [0, 0.1) is 5.92 Å². The predicted molar refractivity (Wildman–Crippen MR) is 175 cm³/mol. The summed E-state index contributed by atoms with van der Waals surface area (Å²) >= 11 is 0. The van der Waals surface area contributed by atoms with E-state index in [9.17, 15) is 28.8 Å². The molecule has 8 N–H and O–H groups in total. The van der Waals surface area contributed by atoms with Crippen LogP contribution in [-0.4, -0.2) is 88.9 Å². The number of ether oxygens (including phenoxy) is 1. The zero-order valence-corrected chi connectivity index (χ0v) is 28.8. The molecule has 46 heavy (non-hydrogen) atoms. The Morgan fingerprint density at radius 1 is 0.717 bits per heavy atom. The van der Waals surface area contributed by atoms with Crippen molar-refractivity contribution >= 4 is 35.4 Å². The molecule has 14 heteroatoms. The van der Waals surface area contributed by atoms with Crippen LogP contribution in [0.3, 0.4) is 0 Å². The normalized spacial score (nSPS) is 14.6. The lowest BCUT2D eigenvalue weighted by Crippen LogP contribution is -2.68. The third-order valence-electron chi connectivity index (χ3n) is 7.04. The topological polar surface area (TPSA) is 210 Å². The number of rotatable bonds is 17. The molecule has 0 heterocycles. The molecule has 1 aliphatic rings. The van der Waals surface area contributed by atoms with Crippen molar-refractivity contribution < 1.29 is 33.5 Å². The van der Waals surface area contributed by atoms with E-state index in [0.717, 1.165) is 0 Å². The lowest BCUT2D eigenvalue weighted by molar-refractivity contribution is -0.141. The first-order chi connectivity index (χ1) is 20.9. The predicted octanol–water partition coefficient (Wildman–Crippen LogP) is -0.151. The Bertz CT molecular complexity index is 1230. The van der Waals surface area contributed by atoms with Gasteiger partial charge in [0.1, 0.15) is 28.2 Å². The molecule has 0 aromatic carbocycles. The maximum atomic E-state index is 13.3. The first-order valence-corrected chi connectivity index (χ1v) is 15.1. The number of hydrogen-bond acceptors (Lipinski definition) is 8. The maximum Gasteiger partial charge on any atom is 0.246 e. The van der Waals surface area contributed by atoms with E-state index in [-0.39, 0.29) is 19.1 Å². The maximum absolute atomic E-state index is 13.3. The molecule has 0 saturated carbocycles. The van der Waals surface area contributed by atoms with Crippen LogP contribution in [0.1, 0.15) is 69.2 Å². The number of nitrogens with two attached hydrogens (primary N) is 1. The molecule has 0 aromatic heterocycles. The van der Waals surface area contributed by atoms with Crippen LogP contribution in [-0.2, 0) is 33.5 Å². The third kappa shape index (κ3) is 12.0. The number of allylic oxidation sites excluding steroid dienone is 2. The van der Waals surface area contributed by atoms with Crippen LogP contribution in [0.25, 0.3) is 0 Å². The smallest absolute Gasteiger partial charge is 0.246 e. The molecule has 0 bridgehead atoms. The van der Waals surface area contributed by atoms with Crippen molar-refractivity contribution in [3.8, 4) is 0 Å². The Morgan fingerprint density at radius 2 is 1.13 bits per heavy atom. The van der Waals surface area contributed by atoms with Crippen LogP contribution >= 0.6 is 0 Å². The van der Waals surface area contributed by atoms with Crippen molar-refractivity contribution in [1.29, 1.82) is 0 Å². The minimum atomic E-state index is -1.55. The average Bonchev–Trinajstić information content (AvgIpc) is 3.43. The van der Waals surface area contributed by atoms with Gasteiger partial charge < -0.3 is 42.4 Å². The van der Waals surface area contributed by atoms with Gasteiger partial charge in [0.25, 0.3) is 0 Å². The van der Waals surface area contributed by atoms with Crippen molar-refractivity contribution in [2.75, 3.05) is 19.8 Å². The number of carbonyl (C=O) groups excluding carboxylic acids is 6. The molecule has 0 fully saturated rings. The summed E-state index contributed by atoms with van der Waals surface area (Å²) in [5.74, 6) is -3.68. The van der Waals surface area contributed by atoms with Crippen molar-refractivity contribution in [3.63, 3.8) is 0 Å². The number of amides is 6. The molecule has 6 amide bonds. The van der Waals surface area contributed by atoms with Crippen molar-refractivity contribution in [2.45, 2.75) is 103 Å². The number of hydrogen-bond donors (Lipinski definition) is 7. The highest BCUT2D eigenvalue weighted by atomic mass is 16.5. The van der Waals surface area contributed by atoms with Gasteiger partial charge in [0.2, 0.25) is 35.4 Å². The van der Waals surface area contributed by atoms with E-state index in [2.05, 4.69) is 38.5 Å². The summed E-state index contributed by atoms with van der Waals surface area (Å²) < 4.78 is 5.36. The second kappa shape index (κ2) is 15.5. The Hall–Kier alpha value is -4.04. The standard InChI is InChI=1S/C32H53N7O7/c1-12-17-46-19-21(35-23(41)28(2,3)33)22(40)36-30(6,7)25(43)38-32(10,11)27(45)39-31(8,9)26(44)37-29(4,5)24(42)34-18-20-15-13-14-16-20/h12-16,20-21H,1,17-19,33H2,2-11H3,(H,34,42)(H,35,41)(H,36,40)(H,37,44)(H,38,43)(H,39,45)/t21-/m0/s1. The number of nitrogens with one attached hydrogen (secondary N) is 6. The molecule has 1 aliphatic carbocycles. The lowest BCUT2D eigenvalue weighted by Gasteiger charge is -2.36. The highest BCUT2D eigenvalue weighted by Gasteiger charge is 2.42. The van der Waals surface area contributed by atoms with Crippen molar-refractivity contribution in [2.24, 2.45) is 11.7 Å². The van der Waals surface area contributed by atoms with Gasteiger partial charge in [-0.15, -0.1) is 6.58 Å². The van der Waals surface area contributed by atoms with Crippen LogP contribution in [0.5, 0.6) is 0 Å². The largest absolute Gasteiger partial charge is 0.375 e. The monoisotopic (exact) mass is 647 g/mol. The Balaban J connectivity index is 2.89. The molecule has 1 rings (SSSR count). The summed E-state index contributed by atoms with van der Waals surface area (Å²) in [7, 11) is 0. The summed E-state index contributed by atoms with van der Waals surface area (Å²) in [6.45, 7) is 18.5. The molecular weight excluding hydrogens is 594 g/mol. The van der Waals surface area contributed by atoms with E-state index in [1.54, 1.807) is 13.8 Å². The molecule has 0 saturated heterocycles. The van der Waals surface area contributed by atoms with Crippen LogP contribution < -0.4 is 37.6 Å². The SMILES string of the molecule is C=CCOC[C@H](NC(=O)C(C)(C)N)C(=O)NC(C)(C)C(=O)NC(C)(C)C(=O)NC(C)(C)C(=O)NC(C)(C)C(=O)NCC1C=CC=C1. The van der Waals surface area contributed by atoms with E-state index in [1.165, 1.54) is 61.5 Å². The highest BCUT2D eigenvalue weighted by Crippen LogP contribution is 2.14. The van der Waals surface area contributed by atoms with Gasteiger partial charge in [-0.3, -0.25) is 28.8 Å². The molecule has 258 valence electrons. The Labute approximate surface area is 272 Å². The first-order valence-electron chi connectivity index (χ1n) is 15.1. The Morgan fingerprint density at radius 3 is 1.54 bits per heavy atom. The minimum absolute atomic E-state index is 0.0733. The van der Waals surface area contributed by atoms with E-state index in [4.69, 9.17) is 10.5 Å². The molecule has 1 atom stereocenters. The molecule has 0 radical (unpaired) electrons. The van der Waals surface area contributed by atoms with E-state index in [1.807, 2.05) is 24.3 Å². The summed E-state index contributed by atoms with van der Waals surface area (Å²) in [6.07, 6.45) is 9.14. The van der Waals surface area contributed by atoms with Gasteiger partial charge in [-0.1, -0.05) is 30.4 Å². The van der Waals surface area contributed by atoms with Crippen LogP contribution in [0.2, 0.25) is 0 Å². The van der Waals surface area contributed by atoms with Gasteiger partial charge in [0, 0.05) is 12.5 Å². The van der Waals surface area contributed by atoms with Crippen molar-refractivity contribution in [3.05, 3.63) is 37.0 Å². The summed E-state index contributed by atoms with van der Waals surface area (Å²) in [4.78, 5) is 78.2. The summed E-state index contributed by atoms with van der Waals surface area (Å²) in [6, 6.07) is -1.18. The molecule has 0 aliphatic heterocycles. The van der Waals surface area contributed by atoms with E-state index in [0.29, 0.717) is 6.54 Å². The zero-order chi connectivity index (χ0) is 35.7. The highest BCUT2D eigenvalue weighted by molar-refractivity contribution is 6.00. The number of carbonyl (C=O) groups is 6. The average molecular weight is 648 g/mol. The minimum Gasteiger partial charge on any atom is -0.375 e. The second-order valence-corrected chi connectivity index (χ2v) is 14.1. The van der Waals surface area contributed by atoms with Crippen LogP contribution in [0.15, 0.2) is 37.0 Å². The lowest BCUT2D eigenvalue weighted by atomic mass is 9.95. The van der Waals surface area contributed by atoms with Crippen molar-refractivity contribution in [1.82, 2.24) is 31.9 Å². The van der Waals surface area contributed by atoms with Gasteiger partial charge in [-0.2, -0.15) is 0 Å². The fourth-order valence-corrected chi connectivity index (χ4v) is 3.78. The van der Waals surface area contributed by atoms with Gasteiger partial charge >= 0.3 is 0 Å². The fourth-order valence-electron chi connectivity index (χ4n) is 3.78. The van der Waals surface area contributed by atoms with Crippen LogP contribution in [0.4, 0.5) is 0 Å². The summed E-state index contributed by atoms with van der Waals surface area (Å²) in [5.41, 5.74) is -1.30. The van der Waals surface area contributed by atoms with E-state index >= 15 is 0 Å². The quantitative estimate of drug-likeness (QED) is 0.0832. The molecule has 0 spiro atoms. The zero-order valence-electron chi connectivity index (χ0n) is 28.8. The second-order valence-electron chi connectivity index (χ2n) is 14.1. The fraction of sp³-hybridized carbons (Fsp3) is 0.625. The van der Waals surface area contributed by atoms with Gasteiger partial charge in [-0.25, -0.2) is 0 Å². The molecule has 0 unspecified atom stereocenters.